The van der Waals surface area contributed by atoms with E-state index in [1.807, 2.05) is 0 Å². The van der Waals surface area contributed by atoms with Crippen molar-refractivity contribution in [1.29, 1.82) is 0 Å². The first-order valence-electron chi connectivity index (χ1n) is 10.1. The summed E-state index contributed by atoms with van der Waals surface area (Å²) in [4.78, 5) is 37.2. The number of alkyl halides is 3. The van der Waals surface area contributed by atoms with Gasteiger partial charge < -0.3 is 20.0 Å². The Bertz CT molecular complexity index is 1570. The zero-order valence-electron chi connectivity index (χ0n) is 18.3. The van der Waals surface area contributed by atoms with Gasteiger partial charge >= 0.3 is 24.0 Å². The molecule has 36 heavy (non-hydrogen) atoms. The Kier molecular flexibility index (Phi) is 6.10. The monoisotopic (exact) mass is 503 g/mol. The van der Waals surface area contributed by atoms with Crippen LogP contribution in [0.15, 0.2) is 62.7 Å². The average Bonchev–Trinajstić information content (AvgIpc) is 3.25. The number of anilines is 1. The van der Waals surface area contributed by atoms with Crippen LogP contribution in [0.2, 0.25) is 0 Å². The lowest BCUT2D eigenvalue weighted by atomic mass is 10.0. The predicted molar refractivity (Wildman–Crippen MR) is 118 cm³/mol. The molecule has 2 heterocycles. The fourth-order valence-corrected chi connectivity index (χ4v) is 3.51. The SMILES string of the molecule is Cc1c(Cn2c(=O)c(OC(=O)O)cn(-c3ccc(-c4nnc(N)o4)cc3)c2=O)cccc1C(F)(F)F. The molecule has 4 aromatic rings. The summed E-state index contributed by atoms with van der Waals surface area (Å²) in [5.74, 6) is -0.619. The lowest BCUT2D eigenvalue weighted by molar-refractivity contribution is -0.138. The van der Waals surface area contributed by atoms with Crippen LogP contribution in [-0.2, 0) is 12.7 Å². The van der Waals surface area contributed by atoms with E-state index in [1.54, 1.807) is 0 Å². The molecule has 0 aliphatic rings. The van der Waals surface area contributed by atoms with E-state index >= 15 is 0 Å². The second kappa shape index (κ2) is 9.05. The first-order chi connectivity index (χ1) is 17.0. The maximum absolute atomic E-state index is 13.3. The number of benzene rings is 2. The first-order valence-corrected chi connectivity index (χ1v) is 10.1. The van der Waals surface area contributed by atoms with Crippen molar-refractivity contribution in [2.45, 2.75) is 19.6 Å². The van der Waals surface area contributed by atoms with Crippen molar-refractivity contribution in [1.82, 2.24) is 19.3 Å². The smallest absolute Gasteiger partial charge is 0.449 e. The summed E-state index contributed by atoms with van der Waals surface area (Å²) in [7, 11) is 0. The van der Waals surface area contributed by atoms with E-state index in [2.05, 4.69) is 14.9 Å². The number of hydrogen-bond acceptors (Lipinski definition) is 8. The van der Waals surface area contributed by atoms with E-state index < -0.39 is 41.4 Å². The molecule has 4 rings (SSSR count). The third kappa shape index (κ3) is 4.68. The molecule has 11 nitrogen and oxygen atoms in total. The van der Waals surface area contributed by atoms with Crippen LogP contribution >= 0.6 is 0 Å². The van der Waals surface area contributed by atoms with Crippen LogP contribution in [0.5, 0.6) is 5.75 Å². The summed E-state index contributed by atoms with van der Waals surface area (Å²) in [6.07, 6.45) is -5.58. The summed E-state index contributed by atoms with van der Waals surface area (Å²) in [6.45, 7) is 0.645. The highest BCUT2D eigenvalue weighted by molar-refractivity contribution is 5.61. The van der Waals surface area contributed by atoms with Crippen LogP contribution in [-0.4, -0.2) is 30.6 Å². The van der Waals surface area contributed by atoms with E-state index in [-0.39, 0.29) is 28.7 Å². The van der Waals surface area contributed by atoms with Crippen molar-refractivity contribution in [2.24, 2.45) is 0 Å². The van der Waals surface area contributed by atoms with E-state index in [1.165, 1.54) is 37.3 Å². The minimum atomic E-state index is -4.65. The number of carboxylic acid groups (broad SMARTS) is 1. The van der Waals surface area contributed by atoms with Crippen molar-refractivity contribution < 1.29 is 32.2 Å². The van der Waals surface area contributed by atoms with Crippen LogP contribution in [0.1, 0.15) is 16.7 Å². The van der Waals surface area contributed by atoms with Gasteiger partial charge in [0.05, 0.1) is 24.0 Å². The number of ether oxygens (including phenoxy) is 1. The molecular weight excluding hydrogens is 487 g/mol. The maximum Gasteiger partial charge on any atom is 0.511 e. The highest BCUT2D eigenvalue weighted by Crippen LogP contribution is 2.33. The molecule has 186 valence electrons. The van der Waals surface area contributed by atoms with Gasteiger partial charge in [-0.1, -0.05) is 17.2 Å². The topological polar surface area (TPSA) is 155 Å². The van der Waals surface area contributed by atoms with Gasteiger partial charge in [-0.15, -0.1) is 5.10 Å². The van der Waals surface area contributed by atoms with Crippen molar-refractivity contribution in [3.63, 3.8) is 0 Å². The molecule has 3 N–H and O–H groups in total. The summed E-state index contributed by atoms with van der Waals surface area (Å²) in [5.41, 5.74) is 2.89. The quantitative estimate of drug-likeness (QED) is 0.391. The number of nitrogens with zero attached hydrogens (tertiary/aromatic N) is 4. The van der Waals surface area contributed by atoms with Crippen molar-refractivity contribution in [3.05, 3.63) is 86.2 Å². The molecule has 0 radical (unpaired) electrons. The largest absolute Gasteiger partial charge is 0.511 e. The van der Waals surface area contributed by atoms with Crippen LogP contribution in [0, 0.1) is 6.92 Å². The molecule has 0 fully saturated rings. The molecule has 0 spiro atoms. The third-order valence-corrected chi connectivity index (χ3v) is 5.25. The summed E-state index contributed by atoms with van der Waals surface area (Å²) >= 11 is 0. The highest BCUT2D eigenvalue weighted by atomic mass is 19.4. The predicted octanol–water partition coefficient (Wildman–Crippen LogP) is 3.06. The van der Waals surface area contributed by atoms with E-state index in [0.29, 0.717) is 10.1 Å². The normalized spacial score (nSPS) is 11.4. The summed E-state index contributed by atoms with van der Waals surface area (Å²) < 4.78 is 51.2. The molecule has 2 aromatic carbocycles. The lowest BCUT2D eigenvalue weighted by Gasteiger charge is -2.16. The van der Waals surface area contributed by atoms with Gasteiger partial charge in [0.2, 0.25) is 11.6 Å². The van der Waals surface area contributed by atoms with Crippen LogP contribution in [0.4, 0.5) is 24.0 Å². The van der Waals surface area contributed by atoms with Crippen LogP contribution in [0.3, 0.4) is 0 Å². The van der Waals surface area contributed by atoms with Gasteiger partial charge in [-0.25, -0.2) is 9.59 Å². The zero-order chi connectivity index (χ0) is 26.2. The molecule has 0 atom stereocenters. The Morgan fingerprint density at radius 2 is 1.83 bits per heavy atom. The number of hydrogen-bond donors (Lipinski definition) is 2. The van der Waals surface area contributed by atoms with Crippen molar-refractivity contribution in [2.75, 3.05) is 5.73 Å². The van der Waals surface area contributed by atoms with Crippen molar-refractivity contribution in [3.8, 4) is 22.9 Å². The number of halogens is 3. The Labute approximate surface area is 198 Å². The Morgan fingerprint density at radius 1 is 1.14 bits per heavy atom. The Hall–Kier alpha value is -4.88. The molecule has 0 aliphatic heterocycles. The number of rotatable bonds is 5. The molecular formula is C22H16F3N5O6. The number of nitrogens with two attached hydrogens (primary N) is 1. The highest BCUT2D eigenvalue weighted by Gasteiger charge is 2.33. The minimum absolute atomic E-state index is 0.0346. The van der Waals surface area contributed by atoms with Gasteiger partial charge in [0.1, 0.15) is 0 Å². The van der Waals surface area contributed by atoms with Crippen molar-refractivity contribution >= 4 is 12.2 Å². The molecule has 0 amide bonds. The van der Waals surface area contributed by atoms with Gasteiger partial charge in [0, 0.05) is 5.56 Å². The van der Waals surface area contributed by atoms with Gasteiger partial charge in [-0.3, -0.25) is 13.9 Å². The van der Waals surface area contributed by atoms with Crippen LogP contribution in [0.25, 0.3) is 17.1 Å². The van der Waals surface area contributed by atoms with E-state index in [9.17, 15) is 27.6 Å². The van der Waals surface area contributed by atoms with Crippen LogP contribution < -0.4 is 21.7 Å². The molecule has 0 bridgehead atoms. The van der Waals surface area contributed by atoms with Gasteiger partial charge in [-0.2, -0.15) is 13.2 Å². The molecule has 2 aromatic heterocycles. The fraction of sp³-hybridized carbons (Fsp3) is 0.136. The Balaban J connectivity index is 1.83. The summed E-state index contributed by atoms with van der Waals surface area (Å²) in [6, 6.07) is 9.07. The third-order valence-electron chi connectivity index (χ3n) is 5.25. The number of aromatic nitrogens is 4. The van der Waals surface area contributed by atoms with Gasteiger partial charge in [0.25, 0.3) is 5.56 Å². The number of nitrogen functional groups attached to an aromatic ring is 1. The fourth-order valence-electron chi connectivity index (χ4n) is 3.51. The minimum Gasteiger partial charge on any atom is -0.449 e. The second-order valence-electron chi connectivity index (χ2n) is 7.48. The lowest BCUT2D eigenvalue weighted by Crippen LogP contribution is -2.40. The van der Waals surface area contributed by atoms with E-state index in [0.717, 1.165) is 22.9 Å². The standard InChI is InChI=1S/C22H16F3N5O6/c1-11-13(3-2-4-15(11)22(23,24)25)9-30-18(31)16(35-21(33)34)10-29(20(30)32)14-7-5-12(6-8-14)17-27-28-19(26)36-17/h2-8,10H,9H2,1H3,(H2,26,28)(H,33,34). The zero-order valence-corrected chi connectivity index (χ0v) is 18.3. The first kappa shape index (κ1) is 24.3. The second-order valence-corrected chi connectivity index (χ2v) is 7.48. The van der Waals surface area contributed by atoms with Gasteiger partial charge in [-0.05, 0) is 48.4 Å². The Morgan fingerprint density at radius 3 is 2.42 bits per heavy atom. The molecule has 0 aliphatic carbocycles. The van der Waals surface area contributed by atoms with Gasteiger partial charge in [0.15, 0.2) is 0 Å². The average molecular weight is 503 g/mol. The molecule has 0 saturated carbocycles. The molecule has 14 heteroatoms. The van der Waals surface area contributed by atoms with E-state index in [4.69, 9.17) is 15.3 Å². The molecule has 0 saturated heterocycles. The number of carbonyl (C=O) groups is 1. The molecule has 0 unspecified atom stereocenters. The maximum atomic E-state index is 13.3. The summed E-state index contributed by atoms with van der Waals surface area (Å²) in [5, 5.41) is 16.3.